The highest BCUT2D eigenvalue weighted by Crippen LogP contribution is 2.11. The fraction of sp³-hybridized carbons (Fsp3) is 0.231. The third kappa shape index (κ3) is 3.05. The summed E-state index contributed by atoms with van der Waals surface area (Å²) in [6.45, 7) is 5.07. The van der Waals surface area contributed by atoms with Crippen molar-refractivity contribution < 1.29 is 9.59 Å². The smallest absolute Gasteiger partial charge is 0.250 e. The van der Waals surface area contributed by atoms with Crippen LogP contribution in [0.1, 0.15) is 31.1 Å². The fourth-order valence-corrected chi connectivity index (χ4v) is 1.15. The number of hydrogen-bond donors (Lipinski definition) is 1. The lowest BCUT2D eigenvalue weighted by molar-refractivity contribution is -0.112. The summed E-state index contributed by atoms with van der Waals surface area (Å²) < 4.78 is 0. The Bertz CT molecular complexity index is 430. The zero-order chi connectivity index (χ0) is 12.1. The van der Waals surface area contributed by atoms with Crippen molar-refractivity contribution in [3.63, 3.8) is 0 Å². The van der Waals surface area contributed by atoms with Gasteiger partial charge in [0.2, 0.25) is 0 Å². The van der Waals surface area contributed by atoms with E-state index in [2.05, 4.69) is 5.32 Å². The van der Waals surface area contributed by atoms with Gasteiger partial charge in [-0.25, -0.2) is 0 Å². The van der Waals surface area contributed by atoms with Gasteiger partial charge in [0.1, 0.15) is 0 Å². The minimum absolute atomic E-state index is 0.0162. The van der Waals surface area contributed by atoms with Crippen LogP contribution >= 0.6 is 0 Å². The predicted molar refractivity (Wildman–Crippen MR) is 64.5 cm³/mol. The van der Waals surface area contributed by atoms with Crippen LogP contribution in [0, 0.1) is 0 Å². The summed E-state index contributed by atoms with van der Waals surface area (Å²) in [6.07, 6.45) is 1.75. The van der Waals surface area contributed by atoms with Gasteiger partial charge in [-0.3, -0.25) is 9.59 Å². The maximum Gasteiger partial charge on any atom is 0.250 e. The molecule has 1 rings (SSSR count). The van der Waals surface area contributed by atoms with Crippen LogP contribution in [0.3, 0.4) is 0 Å². The molecular formula is C13H15NO2. The van der Waals surface area contributed by atoms with Crippen molar-refractivity contribution >= 4 is 17.4 Å². The quantitative estimate of drug-likeness (QED) is 0.625. The summed E-state index contributed by atoms with van der Waals surface area (Å²) in [5, 5.41) is 2.74. The molecule has 0 radical (unpaired) electrons. The number of hydrogen-bond acceptors (Lipinski definition) is 2. The first-order valence-electron chi connectivity index (χ1n) is 5.10. The van der Waals surface area contributed by atoms with E-state index < -0.39 is 0 Å². The van der Waals surface area contributed by atoms with Crippen LogP contribution in [0.5, 0.6) is 0 Å². The summed E-state index contributed by atoms with van der Waals surface area (Å²) in [6, 6.07) is 6.83. The molecule has 0 spiro atoms. The zero-order valence-corrected chi connectivity index (χ0v) is 9.70. The molecule has 0 atom stereocenters. The minimum Gasteiger partial charge on any atom is -0.322 e. The van der Waals surface area contributed by atoms with E-state index in [1.165, 1.54) is 6.92 Å². The molecular weight excluding hydrogens is 202 g/mol. The lowest BCUT2D eigenvalue weighted by Crippen LogP contribution is -2.12. The molecule has 3 heteroatoms. The van der Waals surface area contributed by atoms with Crippen molar-refractivity contribution in [3.8, 4) is 0 Å². The van der Waals surface area contributed by atoms with Crippen LogP contribution in [0.25, 0.3) is 0 Å². The second kappa shape index (κ2) is 5.26. The van der Waals surface area contributed by atoms with Crippen LogP contribution in [-0.2, 0) is 4.79 Å². The van der Waals surface area contributed by atoms with E-state index in [9.17, 15) is 9.59 Å². The third-order valence-electron chi connectivity index (χ3n) is 2.34. The highest BCUT2D eigenvalue weighted by atomic mass is 16.1. The molecule has 0 heterocycles. The Balaban J connectivity index is 2.76. The Morgan fingerprint density at radius 2 is 1.69 bits per heavy atom. The summed E-state index contributed by atoms with van der Waals surface area (Å²) in [7, 11) is 0. The molecule has 16 heavy (non-hydrogen) atoms. The number of Topliss-reactive ketones (excluding diaryl/α,β-unsaturated/α-hetero) is 1. The fourth-order valence-electron chi connectivity index (χ4n) is 1.15. The first-order chi connectivity index (χ1) is 7.54. The van der Waals surface area contributed by atoms with Crippen molar-refractivity contribution in [2.75, 3.05) is 5.32 Å². The van der Waals surface area contributed by atoms with Gasteiger partial charge in [0.05, 0.1) is 0 Å². The summed E-state index contributed by atoms with van der Waals surface area (Å²) >= 11 is 0. The van der Waals surface area contributed by atoms with E-state index in [4.69, 9.17) is 0 Å². The van der Waals surface area contributed by atoms with E-state index >= 15 is 0 Å². The van der Waals surface area contributed by atoms with E-state index in [1.54, 1.807) is 37.3 Å². The van der Waals surface area contributed by atoms with Gasteiger partial charge >= 0.3 is 0 Å². The number of rotatable bonds is 3. The van der Waals surface area contributed by atoms with Crippen LogP contribution < -0.4 is 5.32 Å². The average Bonchev–Trinajstić information content (AvgIpc) is 2.28. The SMILES string of the molecule is C/C=C(/C)C(=O)Nc1ccc(C(C)=O)cc1. The summed E-state index contributed by atoms with van der Waals surface area (Å²) in [5.41, 5.74) is 1.99. The number of nitrogens with one attached hydrogen (secondary N) is 1. The topological polar surface area (TPSA) is 46.2 Å². The van der Waals surface area contributed by atoms with E-state index in [0.29, 0.717) is 16.8 Å². The van der Waals surface area contributed by atoms with Gasteiger partial charge in [-0.05, 0) is 45.0 Å². The average molecular weight is 217 g/mol. The van der Waals surface area contributed by atoms with Crippen molar-refractivity contribution in [1.29, 1.82) is 0 Å². The maximum atomic E-state index is 11.5. The highest BCUT2D eigenvalue weighted by Gasteiger charge is 2.04. The Morgan fingerprint density at radius 3 is 2.12 bits per heavy atom. The van der Waals surface area contributed by atoms with E-state index in [-0.39, 0.29) is 11.7 Å². The van der Waals surface area contributed by atoms with Crippen LogP contribution in [0.2, 0.25) is 0 Å². The van der Waals surface area contributed by atoms with Gasteiger partial charge in [-0.15, -0.1) is 0 Å². The molecule has 1 amide bonds. The van der Waals surface area contributed by atoms with Crippen LogP contribution in [-0.4, -0.2) is 11.7 Å². The number of carbonyl (C=O) groups is 2. The highest BCUT2D eigenvalue weighted by molar-refractivity contribution is 6.03. The molecule has 1 N–H and O–H groups in total. The Morgan fingerprint density at radius 1 is 1.12 bits per heavy atom. The predicted octanol–water partition coefficient (Wildman–Crippen LogP) is 2.79. The molecule has 0 saturated heterocycles. The lowest BCUT2D eigenvalue weighted by Gasteiger charge is -2.05. The molecule has 0 aliphatic heterocycles. The number of amides is 1. The molecule has 0 bridgehead atoms. The molecule has 0 saturated carbocycles. The van der Waals surface area contributed by atoms with E-state index in [1.807, 2.05) is 6.92 Å². The monoisotopic (exact) mass is 217 g/mol. The number of anilines is 1. The third-order valence-corrected chi connectivity index (χ3v) is 2.34. The first-order valence-corrected chi connectivity index (χ1v) is 5.10. The molecule has 0 aliphatic carbocycles. The first kappa shape index (κ1) is 12.2. The normalized spacial score (nSPS) is 11.1. The van der Waals surface area contributed by atoms with Crippen molar-refractivity contribution in [1.82, 2.24) is 0 Å². The Labute approximate surface area is 95.2 Å². The standard InChI is InChI=1S/C13H15NO2/c1-4-9(2)13(16)14-12-7-5-11(6-8-12)10(3)15/h4-8H,1-3H3,(H,14,16)/b9-4-. The number of benzene rings is 1. The van der Waals surface area contributed by atoms with Gasteiger partial charge in [0.15, 0.2) is 5.78 Å². The van der Waals surface area contributed by atoms with E-state index in [0.717, 1.165) is 0 Å². The summed E-state index contributed by atoms with van der Waals surface area (Å²) in [5.74, 6) is -0.111. The van der Waals surface area contributed by atoms with Crippen molar-refractivity contribution in [2.45, 2.75) is 20.8 Å². The van der Waals surface area contributed by atoms with Gasteiger partial charge < -0.3 is 5.32 Å². The molecule has 3 nitrogen and oxygen atoms in total. The van der Waals surface area contributed by atoms with Gasteiger partial charge in [0, 0.05) is 16.8 Å². The zero-order valence-electron chi connectivity index (χ0n) is 9.70. The van der Waals surface area contributed by atoms with Gasteiger partial charge in [-0.2, -0.15) is 0 Å². The maximum absolute atomic E-state index is 11.5. The van der Waals surface area contributed by atoms with Gasteiger partial charge in [0.25, 0.3) is 5.91 Å². The second-order valence-electron chi connectivity index (χ2n) is 3.56. The minimum atomic E-state index is -0.127. The number of carbonyl (C=O) groups excluding carboxylic acids is 2. The Kier molecular flexibility index (Phi) is 4.00. The molecule has 0 fully saturated rings. The molecule has 0 unspecified atom stereocenters. The number of ketones is 1. The van der Waals surface area contributed by atoms with Crippen LogP contribution in [0.15, 0.2) is 35.9 Å². The molecule has 0 aromatic heterocycles. The largest absolute Gasteiger partial charge is 0.322 e. The molecule has 1 aromatic rings. The molecule has 0 aliphatic rings. The second-order valence-corrected chi connectivity index (χ2v) is 3.56. The Hall–Kier alpha value is -1.90. The van der Waals surface area contributed by atoms with Crippen molar-refractivity contribution in [3.05, 3.63) is 41.5 Å². The van der Waals surface area contributed by atoms with Crippen LogP contribution in [0.4, 0.5) is 5.69 Å². The summed E-state index contributed by atoms with van der Waals surface area (Å²) in [4.78, 5) is 22.6. The number of allylic oxidation sites excluding steroid dienone is 1. The van der Waals surface area contributed by atoms with Crippen molar-refractivity contribution in [2.24, 2.45) is 0 Å². The lowest BCUT2D eigenvalue weighted by atomic mass is 10.1. The molecule has 84 valence electrons. The van der Waals surface area contributed by atoms with Gasteiger partial charge in [-0.1, -0.05) is 6.08 Å². The molecule has 1 aromatic carbocycles.